The van der Waals surface area contributed by atoms with Crippen molar-refractivity contribution in [2.24, 2.45) is 0 Å². The van der Waals surface area contributed by atoms with Gasteiger partial charge >= 0.3 is 77.5 Å². The Kier molecular flexibility index (Phi) is 9.21. The molecule has 0 saturated carbocycles. The zero-order valence-corrected chi connectivity index (χ0v) is 13.6. The second kappa shape index (κ2) is 10.2. The van der Waals surface area contributed by atoms with Gasteiger partial charge in [0.2, 0.25) is 0 Å². The fourth-order valence-electron chi connectivity index (χ4n) is 1.66. The van der Waals surface area contributed by atoms with Crippen molar-refractivity contribution in [2.75, 3.05) is 19.6 Å². The summed E-state index contributed by atoms with van der Waals surface area (Å²) in [5.74, 6) is 0. The van der Waals surface area contributed by atoms with Crippen molar-refractivity contribution in [1.82, 2.24) is 9.23 Å². The van der Waals surface area contributed by atoms with Gasteiger partial charge in [0.25, 0.3) is 0 Å². The van der Waals surface area contributed by atoms with Crippen molar-refractivity contribution in [3.8, 4) is 0 Å². The molecule has 2 saturated heterocycles. The van der Waals surface area contributed by atoms with E-state index in [2.05, 4.69) is 5.32 Å². The molecule has 2 heterocycles. The average Bonchev–Trinajstić information content (AvgIpc) is 2.31. The Morgan fingerprint density at radius 2 is 1.76 bits per heavy atom. The van der Waals surface area contributed by atoms with E-state index in [1.54, 1.807) is 3.92 Å². The maximum atomic E-state index is 10.6. The molecule has 0 atom stereocenters. The number of nitrogens with zero attached hydrogens (tertiary/aromatic N) is 1. The molecule has 2 N–H and O–H groups in total. The number of carboxylic acid groups (broad SMARTS) is 1. The minimum absolute atomic E-state index is 0.263. The predicted molar refractivity (Wildman–Crippen MR) is 71.6 cm³/mol. The Morgan fingerprint density at radius 3 is 2.29 bits per heavy atom. The normalized spacial score (nSPS) is 21.8. The van der Waals surface area contributed by atoms with E-state index in [-0.39, 0.29) is 13.3 Å². The molecule has 2 rings (SSSR count). The van der Waals surface area contributed by atoms with Crippen LogP contribution in [0.4, 0.5) is 4.79 Å². The van der Waals surface area contributed by atoms with E-state index in [1.165, 1.54) is 50.5 Å². The van der Waals surface area contributed by atoms with Gasteiger partial charge in [-0.25, -0.2) is 0 Å². The number of carbonyl (C=O) groups is 1. The molecule has 0 unspecified atom stereocenters. The van der Waals surface area contributed by atoms with E-state index in [4.69, 9.17) is 5.11 Å². The summed E-state index contributed by atoms with van der Waals surface area (Å²) < 4.78 is 1.62. The van der Waals surface area contributed by atoms with E-state index in [1.807, 2.05) is 0 Å². The second-order valence-corrected chi connectivity index (χ2v) is 10.9. The van der Waals surface area contributed by atoms with Crippen molar-refractivity contribution < 1.29 is 9.90 Å². The molecule has 2 aliphatic rings. The van der Waals surface area contributed by atoms with Crippen molar-refractivity contribution in [3.63, 3.8) is 0 Å². The van der Waals surface area contributed by atoms with Crippen LogP contribution in [0.3, 0.4) is 0 Å². The van der Waals surface area contributed by atoms with E-state index < -0.39 is 6.09 Å². The summed E-state index contributed by atoms with van der Waals surface area (Å²) in [4.78, 5) is 10.6. The van der Waals surface area contributed by atoms with Crippen molar-refractivity contribution in [3.05, 3.63) is 0 Å². The number of rotatable bonds is 0. The first-order valence-electron chi connectivity index (χ1n) is 6.31. The quantitative estimate of drug-likeness (QED) is 0.635. The summed E-state index contributed by atoms with van der Waals surface area (Å²) in [6.45, 7) is 3.27. The van der Waals surface area contributed by atoms with Crippen LogP contribution in [0, 0.1) is 0 Å². The monoisotopic (exact) mass is 374 g/mol. The first-order chi connectivity index (χ1) is 8.30. The van der Waals surface area contributed by atoms with Gasteiger partial charge in [-0.05, 0) is 25.9 Å². The molecule has 6 heteroatoms. The number of hydrogen-bond acceptors (Lipinski definition) is 2. The zero-order valence-electron chi connectivity index (χ0n) is 10.2. The number of amides is 1. The van der Waals surface area contributed by atoms with E-state index in [0.717, 1.165) is 13.0 Å². The standard InChI is InChI=1S/C6H11NO2Se2.C5H11N/c8-6(9)7-4-2-1-3-5-10-11-7;1-2-4-6-5-3-1/h1-5H2,(H,8,9);6H,1-5H2. The molecular weight excluding hydrogens is 350 g/mol. The number of nitrogens with one attached hydrogen (secondary N) is 1. The molecule has 17 heavy (non-hydrogen) atoms. The Bertz CT molecular complexity index is 194. The Hall–Kier alpha value is 0.269. The molecule has 0 bridgehead atoms. The Morgan fingerprint density at radius 1 is 1.06 bits per heavy atom. The number of piperidine rings is 1. The molecule has 2 aliphatic heterocycles. The maximum absolute atomic E-state index is 10.6. The minimum atomic E-state index is -0.714. The van der Waals surface area contributed by atoms with E-state index in [9.17, 15) is 4.79 Å². The topological polar surface area (TPSA) is 52.6 Å². The first-order valence-corrected chi connectivity index (χ1v) is 12.6. The van der Waals surface area contributed by atoms with Crippen LogP contribution in [0.25, 0.3) is 0 Å². The molecule has 0 spiro atoms. The predicted octanol–water partition coefficient (Wildman–Crippen LogP) is 1.57. The van der Waals surface area contributed by atoms with Gasteiger partial charge in [-0.2, -0.15) is 0 Å². The van der Waals surface area contributed by atoms with Crippen LogP contribution >= 0.6 is 0 Å². The molecule has 1 amide bonds. The fourth-order valence-corrected chi connectivity index (χ4v) is 8.31. The zero-order chi connectivity index (χ0) is 12.3. The summed E-state index contributed by atoms with van der Waals surface area (Å²) in [6, 6.07) is 0. The van der Waals surface area contributed by atoms with Gasteiger partial charge in [0.05, 0.1) is 0 Å². The van der Waals surface area contributed by atoms with Crippen LogP contribution in [0.5, 0.6) is 0 Å². The van der Waals surface area contributed by atoms with Crippen molar-refractivity contribution >= 4 is 32.6 Å². The molecule has 0 radical (unpaired) electrons. The SMILES string of the molecule is C1CCNCC1.O=C(O)N1CCCCC[Se][Se]1. The summed E-state index contributed by atoms with van der Waals surface area (Å²) >= 11 is 0.852. The van der Waals surface area contributed by atoms with Crippen LogP contribution in [0.2, 0.25) is 5.32 Å². The molecule has 0 aromatic carbocycles. The van der Waals surface area contributed by atoms with Gasteiger partial charge in [-0.1, -0.05) is 6.42 Å². The molecule has 100 valence electrons. The van der Waals surface area contributed by atoms with E-state index in [0.29, 0.717) is 13.1 Å². The average molecular weight is 372 g/mol. The summed E-state index contributed by atoms with van der Waals surface area (Å²) in [6.07, 6.45) is 7.09. The van der Waals surface area contributed by atoms with Gasteiger partial charge in [0.15, 0.2) is 0 Å². The third kappa shape index (κ3) is 8.06. The summed E-state index contributed by atoms with van der Waals surface area (Å²) in [5, 5.41) is 13.3. The van der Waals surface area contributed by atoms with Crippen LogP contribution in [0.15, 0.2) is 0 Å². The Labute approximate surface area is 115 Å². The number of hydrogen-bond donors (Lipinski definition) is 2. The molecule has 2 fully saturated rings. The second-order valence-electron chi connectivity index (χ2n) is 4.15. The first kappa shape index (κ1) is 15.3. The van der Waals surface area contributed by atoms with Crippen molar-refractivity contribution in [2.45, 2.75) is 43.8 Å². The van der Waals surface area contributed by atoms with Crippen LogP contribution < -0.4 is 5.32 Å². The molecular formula is C11H22N2O2Se2. The third-order valence-electron chi connectivity index (χ3n) is 2.65. The van der Waals surface area contributed by atoms with Crippen LogP contribution in [-0.2, 0) is 0 Å². The molecule has 4 nitrogen and oxygen atoms in total. The third-order valence-corrected chi connectivity index (χ3v) is 9.84. The van der Waals surface area contributed by atoms with Crippen LogP contribution in [0.1, 0.15) is 38.5 Å². The summed E-state index contributed by atoms with van der Waals surface area (Å²) in [7, 11) is 0. The summed E-state index contributed by atoms with van der Waals surface area (Å²) in [5.41, 5.74) is 0. The van der Waals surface area contributed by atoms with Crippen LogP contribution in [-0.4, -0.2) is 61.2 Å². The molecule has 0 aromatic heterocycles. The fraction of sp³-hybridized carbons (Fsp3) is 0.909. The molecule has 0 aliphatic carbocycles. The van der Waals surface area contributed by atoms with Gasteiger partial charge in [-0.3, -0.25) is 0 Å². The van der Waals surface area contributed by atoms with Gasteiger partial charge in [-0.15, -0.1) is 0 Å². The van der Waals surface area contributed by atoms with Gasteiger partial charge in [0.1, 0.15) is 0 Å². The van der Waals surface area contributed by atoms with Gasteiger partial charge in [0, 0.05) is 0 Å². The van der Waals surface area contributed by atoms with Crippen molar-refractivity contribution in [1.29, 1.82) is 0 Å². The van der Waals surface area contributed by atoms with E-state index >= 15 is 0 Å². The van der Waals surface area contributed by atoms with Gasteiger partial charge < -0.3 is 5.32 Å². The Balaban J connectivity index is 0.000000202. The molecule has 0 aromatic rings.